The molecule has 0 bridgehead atoms. The molecule has 27 heavy (non-hydrogen) atoms. The van der Waals surface area contributed by atoms with Gasteiger partial charge in [-0.2, -0.15) is 0 Å². The largest absolute Gasteiger partial charge is 0.386 e. The Kier molecular flexibility index (Phi) is 5.15. The number of nitrogens with two attached hydrogens (primary N) is 1. The molecule has 0 radical (unpaired) electrons. The highest BCUT2D eigenvalue weighted by atomic mass is 16.6. The van der Waals surface area contributed by atoms with Crippen LogP contribution >= 0.6 is 0 Å². The van der Waals surface area contributed by atoms with Crippen LogP contribution in [0.4, 0.5) is 5.82 Å². The normalized spacial score (nSPS) is 26.8. The fraction of sp³-hybridized carbons (Fsp3) is 0.722. The summed E-state index contributed by atoms with van der Waals surface area (Å²) in [6.45, 7) is 12.0. The van der Waals surface area contributed by atoms with Crippen molar-refractivity contribution >= 4 is 17.0 Å². The number of nitrogen functional groups attached to an aromatic ring is 1. The van der Waals surface area contributed by atoms with E-state index in [-0.39, 0.29) is 11.4 Å². The average Bonchev–Trinajstić information content (AvgIpc) is 3.07. The second-order valence-corrected chi connectivity index (χ2v) is 8.76. The minimum Gasteiger partial charge on any atom is -0.386 e. The second-order valence-electron chi connectivity index (χ2n) is 8.76. The summed E-state index contributed by atoms with van der Waals surface area (Å²) in [5, 5.41) is 11.0. The summed E-state index contributed by atoms with van der Waals surface area (Å²) in [5.74, 6) is 0.279. The predicted octanol–water partition coefficient (Wildman–Crippen LogP) is 1.67. The van der Waals surface area contributed by atoms with E-state index in [0.717, 1.165) is 0 Å². The highest BCUT2D eigenvalue weighted by molar-refractivity contribution is 5.81. The van der Waals surface area contributed by atoms with Gasteiger partial charge in [0.15, 0.2) is 17.7 Å². The minimum atomic E-state index is -0.925. The zero-order valence-electron chi connectivity index (χ0n) is 16.7. The molecule has 2 unspecified atom stereocenters. The van der Waals surface area contributed by atoms with Gasteiger partial charge in [0.25, 0.3) is 0 Å². The van der Waals surface area contributed by atoms with Gasteiger partial charge in [-0.15, -0.1) is 0 Å². The van der Waals surface area contributed by atoms with Crippen LogP contribution in [0.15, 0.2) is 12.7 Å². The average molecular weight is 379 g/mol. The molecule has 1 aliphatic heterocycles. The van der Waals surface area contributed by atoms with Crippen molar-refractivity contribution in [1.29, 1.82) is 0 Å². The molecule has 3 heterocycles. The number of ether oxygens (including phenoxy) is 3. The SMILES string of the molecule is CC(C)(C)OC[C@H]1O[C@@H](n2cnc3c(N)ncnc32)C(O)C1OC(C)(C)C. The zero-order chi connectivity index (χ0) is 20.0. The van der Waals surface area contributed by atoms with E-state index in [0.29, 0.717) is 17.8 Å². The molecule has 4 atom stereocenters. The molecule has 2 aromatic heterocycles. The molecule has 2 aromatic rings. The molecule has 0 aliphatic carbocycles. The second kappa shape index (κ2) is 6.97. The van der Waals surface area contributed by atoms with Crippen LogP contribution in [0.3, 0.4) is 0 Å². The zero-order valence-corrected chi connectivity index (χ0v) is 16.7. The molecule has 0 spiro atoms. The van der Waals surface area contributed by atoms with Gasteiger partial charge in [0.1, 0.15) is 30.2 Å². The Morgan fingerprint density at radius 1 is 1.15 bits per heavy atom. The van der Waals surface area contributed by atoms with E-state index < -0.39 is 30.1 Å². The minimum absolute atomic E-state index is 0.279. The van der Waals surface area contributed by atoms with Gasteiger partial charge in [-0.3, -0.25) is 4.57 Å². The van der Waals surface area contributed by atoms with Crippen molar-refractivity contribution in [2.75, 3.05) is 12.3 Å². The number of fused-ring (bicyclic) bond motifs is 1. The molecule has 1 fully saturated rings. The third kappa shape index (κ3) is 4.37. The molecule has 0 aromatic carbocycles. The van der Waals surface area contributed by atoms with E-state index in [1.807, 2.05) is 41.5 Å². The molecule has 1 aliphatic rings. The molecule has 9 nitrogen and oxygen atoms in total. The first kappa shape index (κ1) is 19.9. The first-order valence-corrected chi connectivity index (χ1v) is 9.04. The van der Waals surface area contributed by atoms with E-state index in [2.05, 4.69) is 15.0 Å². The van der Waals surface area contributed by atoms with E-state index in [1.165, 1.54) is 6.33 Å². The van der Waals surface area contributed by atoms with Crippen molar-refractivity contribution in [3.8, 4) is 0 Å². The van der Waals surface area contributed by atoms with Crippen LogP contribution in [-0.2, 0) is 14.2 Å². The lowest BCUT2D eigenvalue weighted by atomic mass is 10.1. The van der Waals surface area contributed by atoms with Crippen LogP contribution in [0, 0.1) is 0 Å². The van der Waals surface area contributed by atoms with Gasteiger partial charge in [-0.1, -0.05) is 0 Å². The lowest BCUT2D eigenvalue weighted by molar-refractivity contribution is -0.138. The van der Waals surface area contributed by atoms with Crippen molar-refractivity contribution in [2.45, 2.75) is 77.3 Å². The van der Waals surface area contributed by atoms with Gasteiger partial charge in [-0.25, -0.2) is 15.0 Å². The number of hydrogen-bond donors (Lipinski definition) is 2. The maximum absolute atomic E-state index is 11.0. The van der Waals surface area contributed by atoms with E-state index in [9.17, 15) is 5.11 Å². The Morgan fingerprint density at radius 2 is 1.85 bits per heavy atom. The molecule has 9 heteroatoms. The Morgan fingerprint density at radius 3 is 2.48 bits per heavy atom. The smallest absolute Gasteiger partial charge is 0.167 e. The first-order valence-electron chi connectivity index (χ1n) is 9.04. The molecule has 0 amide bonds. The van der Waals surface area contributed by atoms with Crippen LogP contribution in [0.25, 0.3) is 11.2 Å². The van der Waals surface area contributed by atoms with Crippen molar-refractivity contribution in [1.82, 2.24) is 19.5 Å². The third-order valence-electron chi connectivity index (χ3n) is 4.14. The van der Waals surface area contributed by atoms with Crippen LogP contribution in [0.2, 0.25) is 0 Å². The Labute approximate surface area is 158 Å². The van der Waals surface area contributed by atoms with Crippen molar-refractivity contribution in [2.24, 2.45) is 0 Å². The molecule has 0 saturated carbocycles. The summed E-state index contributed by atoms with van der Waals surface area (Å²) in [6, 6.07) is 0. The highest BCUT2D eigenvalue weighted by Gasteiger charge is 2.48. The maximum atomic E-state index is 11.0. The number of aliphatic hydroxyl groups is 1. The summed E-state index contributed by atoms with van der Waals surface area (Å²) in [5.41, 5.74) is 6.05. The van der Waals surface area contributed by atoms with Crippen LogP contribution in [0.5, 0.6) is 0 Å². The summed E-state index contributed by atoms with van der Waals surface area (Å²) >= 11 is 0. The Balaban J connectivity index is 1.90. The van der Waals surface area contributed by atoms with Crippen LogP contribution < -0.4 is 5.73 Å². The van der Waals surface area contributed by atoms with Crippen molar-refractivity contribution in [3.63, 3.8) is 0 Å². The first-order chi connectivity index (χ1) is 12.5. The van der Waals surface area contributed by atoms with Gasteiger partial charge in [0, 0.05) is 0 Å². The fourth-order valence-corrected chi connectivity index (χ4v) is 3.03. The number of imidazole rings is 1. The molecule has 150 valence electrons. The van der Waals surface area contributed by atoms with Crippen LogP contribution in [-0.4, -0.2) is 60.7 Å². The molecule has 1 saturated heterocycles. The van der Waals surface area contributed by atoms with Gasteiger partial charge in [0.2, 0.25) is 0 Å². The summed E-state index contributed by atoms with van der Waals surface area (Å²) in [6.07, 6.45) is 0.260. The molecule has 3 N–H and O–H groups in total. The monoisotopic (exact) mass is 379 g/mol. The molecular formula is C18H29N5O4. The maximum Gasteiger partial charge on any atom is 0.167 e. The summed E-state index contributed by atoms with van der Waals surface area (Å²) in [7, 11) is 0. The van der Waals surface area contributed by atoms with Gasteiger partial charge in [-0.05, 0) is 41.5 Å². The van der Waals surface area contributed by atoms with E-state index >= 15 is 0 Å². The molecular weight excluding hydrogens is 350 g/mol. The quantitative estimate of drug-likeness (QED) is 0.824. The van der Waals surface area contributed by atoms with Gasteiger partial charge in [0.05, 0.1) is 24.1 Å². The number of hydrogen-bond acceptors (Lipinski definition) is 8. The highest BCUT2D eigenvalue weighted by Crippen LogP contribution is 2.36. The van der Waals surface area contributed by atoms with Crippen molar-refractivity contribution in [3.05, 3.63) is 12.7 Å². The predicted molar refractivity (Wildman–Crippen MR) is 100.0 cm³/mol. The third-order valence-corrected chi connectivity index (χ3v) is 4.14. The van der Waals surface area contributed by atoms with Gasteiger partial charge < -0.3 is 25.1 Å². The lowest BCUT2D eigenvalue weighted by Crippen LogP contribution is -2.42. The summed E-state index contributed by atoms with van der Waals surface area (Å²) < 4.78 is 19.8. The van der Waals surface area contributed by atoms with Gasteiger partial charge >= 0.3 is 0 Å². The Hall–Kier alpha value is -1.81. The number of nitrogens with zero attached hydrogens (tertiary/aromatic N) is 4. The van der Waals surface area contributed by atoms with Crippen LogP contribution in [0.1, 0.15) is 47.8 Å². The number of anilines is 1. The topological polar surface area (TPSA) is 118 Å². The molecule has 3 rings (SSSR count). The number of rotatable bonds is 4. The van der Waals surface area contributed by atoms with E-state index in [1.54, 1.807) is 10.9 Å². The van der Waals surface area contributed by atoms with E-state index in [4.69, 9.17) is 19.9 Å². The lowest BCUT2D eigenvalue weighted by Gasteiger charge is -2.30. The Bertz CT molecular complexity index is 795. The standard InChI is InChI=1S/C18H29N5O4/c1-17(2,3)25-7-10-13(27-18(4,5)6)12(24)16(26-10)23-9-22-11-14(19)20-8-21-15(11)23/h8-10,12-13,16,24H,7H2,1-6H3,(H2,19,20,21)/t10-,12?,13?,16-/m1/s1. The fourth-order valence-electron chi connectivity index (χ4n) is 3.03. The summed E-state index contributed by atoms with van der Waals surface area (Å²) in [4.78, 5) is 12.4. The number of aliphatic hydroxyl groups excluding tert-OH is 1. The van der Waals surface area contributed by atoms with Crippen molar-refractivity contribution < 1.29 is 19.3 Å². The number of aromatic nitrogens is 4.